The van der Waals surface area contributed by atoms with Crippen LogP contribution in [-0.2, 0) is 22.9 Å². The SMILES string of the molecule is CC1CCC(C(C)C)C(OCn2cc[n+](COC3CC(C)CCC3C(C)C)c2)C1. The second-order valence-electron chi connectivity index (χ2n) is 10.8. The van der Waals surface area contributed by atoms with E-state index in [0.717, 1.165) is 11.8 Å². The van der Waals surface area contributed by atoms with Gasteiger partial charge in [-0.25, -0.2) is 9.13 Å². The van der Waals surface area contributed by atoms with E-state index in [1.165, 1.54) is 38.5 Å². The van der Waals surface area contributed by atoms with E-state index in [-0.39, 0.29) is 0 Å². The van der Waals surface area contributed by atoms with Gasteiger partial charge in [-0.1, -0.05) is 54.4 Å². The zero-order chi connectivity index (χ0) is 21.0. The summed E-state index contributed by atoms with van der Waals surface area (Å²) in [5, 5.41) is 0. The lowest BCUT2D eigenvalue weighted by atomic mass is 9.75. The molecule has 29 heavy (non-hydrogen) atoms. The van der Waals surface area contributed by atoms with Crippen LogP contribution in [0.1, 0.15) is 80.1 Å². The fraction of sp³-hybridized carbons (Fsp3) is 0.880. The van der Waals surface area contributed by atoms with Gasteiger partial charge in [0.2, 0.25) is 6.33 Å². The Morgan fingerprint density at radius 2 is 1.41 bits per heavy atom. The first kappa shape index (κ1) is 22.8. The lowest BCUT2D eigenvalue weighted by molar-refractivity contribution is -0.735. The Morgan fingerprint density at radius 3 is 1.97 bits per heavy atom. The summed E-state index contributed by atoms with van der Waals surface area (Å²) in [5.41, 5.74) is 0. The van der Waals surface area contributed by atoms with Gasteiger partial charge in [0.05, 0.1) is 12.2 Å². The van der Waals surface area contributed by atoms with E-state index < -0.39 is 0 Å². The third-order valence-electron chi connectivity index (χ3n) is 7.54. The topological polar surface area (TPSA) is 27.3 Å². The van der Waals surface area contributed by atoms with E-state index in [4.69, 9.17) is 9.47 Å². The van der Waals surface area contributed by atoms with Crippen LogP contribution in [0.2, 0.25) is 0 Å². The summed E-state index contributed by atoms with van der Waals surface area (Å²) in [4.78, 5) is 0. The summed E-state index contributed by atoms with van der Waals surface area (Å²) in [6, 6.07) is 0. The number of rotatable bonds is 8. The maximum Gasteiger partial charge on any atom is 0.247 e. The van der Waals surface area contributed by atoms with Crippen molar-refractivity contribution >= 4 is 0 Å². The highest BCUT2D eigenvalue weighted by Gasteiger charge is 2.33. The van der Waals surface area contributed by atoms with Gasteiger partial charge in [-0.2, -0.15) is 0 Å². The molecule has 0 radical (unpaired) electrons. The maximum absolute atomic E-state index is 6.39. The predicted octanol–water partition coefficient (Wildman–Crippen LogP) is 5.65. The van der Waals surface area contributed by atoms with Crippen LogP contribution in [0.3, 0.4) is 0 Å². The van der Waals surface area contributed by atoms with Crippen LogP contribution in [0.5, 0.6) is 0 Å². The van der Waals surface area contributed by atoms with Crippen LogP contribution >= 0.6 is 0 Å². The number of imidazole rings is 1. The van der Waals surface area contributed by atoms with Crippen LogP contribution < -0.4 is 4.57 Å². The van der Waals surface area contributed by atoms with Crippen molar-refractivity contribution in [2.45, 2.75) is 106 Å². The predicted molar refractivity (Wildman–Crippen MR) is 117 cm³/mol. The Kier molecular flexibility index (Phi) is 8.21. The monoisotopic (exact) mass is 405 g/mol. The molecule has 1 aromatic rings. The van der Waals surface area contributed by atoms with Crippen LogP contribution in [0.25, 0.3) is 0 Å². The third kappa shape index (κ3) is 6.30. The standard InChI is InChI=1S/C25H45N2O2/c1-18(2)22-9-7-20(5)13-24(22)28-16-26-11-12-27(15-26)17-29-25-14-21(6)8-10-23(25)19(3)4/h11-12,15,18-25H,7-10,13-14,16-17H2,1-6H3/q+1. The molecular weight excluding hydrogens is 360 g/mol. The molecule has 1 heterocycles. The molecule has 166 valence electrons. The van der Waals surface area contributed by atoms with Gasteiger partial charge in [0, 0.05) is 0 Å². The number of aromatic nitrogens is 2. The molecule has 0 spiro atoms. The number of hydrogen-bond donors (Lipinski definition) is 0. The van der Waals surface area contributed by atoms with Crippen molar-refractivity contribution in [2.75, 3.05) is 0 Å². The molecule has 0 bridgehead atoms. The van der Waals surface area contributed by atoms with Gasteiger partial charge in [0.1, 0.15) is 12.4 Å². The van der Waals surface area contributed by atoms with E-state index >= 15 is 0 Å². The van der Waals surface area contributed by atoms with Gasteiger partial charge in [0.15, 0.2) is 13.5 Å². The second kappa shape index (κ2) is 10.4. The van der Waals surface area contributed by atoms with E-state index in [1.807, 2.05) is 0 Å². The minimum absolute atomic E-state index is 0.390. The minimum Gasteiger partial charge on any atom is -0.338 e. The molecule has 6 unspecified atom stereocenters. The average Bonchev–Trinajstić information content (AvgIpc) is 3.12. The van der Waals surface area contributed by atoms with Crippen molar-refractivity contribution in [3.63, 3.8) is 0 Å². The van der Waals surface area contributed by atoms with Gasteiger partial charge in [0.25, 0.3) is 0 Å². The first-order valence-electron chi connectivity index (χ1n) is 12.1. The van der Waals surface area contributed by atoms with Crippen LogP contribution in [0.4, 0.5) is 0 Å². The number of hydrogen-bond acceptors (Lipinski definition) is 2. The zero-order valence-electron chi connectivity index (χ0n) is 19.7. The zero-order valence-corrected chi connectivity index (χ0v) is 19.7. The highest BCUT2D eigenvalue weighted by molar-refractivity contribution is 4.82. The van der Waals surface area contributed by atoms with Crippen LogP contribution in [0, 0.1) is 35.5 Å². The molecule has 4 nitrogen and oxygen atoms in total. The van der Waals surface area contributed by atoms with Crippen molar-refractivity contribution in [3.05, 3.63) is 18.7 Å². The molecule has 4 heteroatoms. The van der Waals surface area contributed by atoms with Gasteiger partial charge < -0.3 is 9.47 Å². The molecule has 0 N–H and O–H groups in total. The lowest BCUT2D eigenvalue weighted by Crippen LogP contribution is -2.40. The molecule has 2 aliphatic carbocycles. The first-order valence-corrected chi connectivity index (χ1v) is 12.1. The molecule has 0 saturated heterocycles. The van der Waals surface area contributed by atoms with Gasteiger partial charge in [-0.05, 0) is 61.2 Å². The number of nitrogens with zero attached hydrogens (tertiary/aromatic N) is 2. The summed E-state index contributed by atoms with van der Waals surface area (Å²) in [5.74, 6) is 4.34. The summed E-state index contributed by atoms with van der Waals surface area (Å²) in [7, 11) is 0. The molecule has 0 amide bonds. The summed E-state index contributed by atoms with van der Waals surface area (Å²) in [6.45, 7) is 15.4. The fourth-order valence-electron chi connectivity index (χ4n) is 5.57. The van der Waals surface area contributed by atoms with E-state index in [1.54, 1.807) is 0 Å². The fourth-order valence-corrected chi connectivity index (χ4v) is 5.57. The summed E-state index contributed by atoms with van der Waals surface area (Å²) < 4.78 is 17.1. The molecule has 2 saturated carbocycles. The van der Waals surface area contributed by atoms with Crippen molar-refractivity contribution < 1.29 is 14.0 Å². The van der Waals surface area contributed by atoms with Crippen LogP contribution in [0.15, 0.2) is 18.7 Å². The highest BCUT2D eigenvalue weighted by atomic mass is 16.5. The third-order valence-corrected chi connectivity index (χ3v) is 7.54. The molecule has 0 aliphatic heterocycles. The van der Waals surface area contributed by atoms with E-state index in [2.05, 4.69) is 69.4 Å². The Balaban J connectivity index is 1.50. The molecule has 0 aromatic carbocycles. The molecule has 3 rings (SSSR count). The minimum atomic E-state index is 0.390. The first-order chi connectivity index (χ1) is 13.8. The van der Waals surface area contributed by atoms with Gasteiger partial charge in [-0.3, -0.25) is 0 Å². The normalized spacial score (nSPS) is 33.5. The quantitative estimate of drug-likeness (QED) is 0.523. The second-order valence-corrected chi connectivity index (χ2v) is 10.8. The smallest absolute Gasteiger partial charge is 0.247 e. The average molecular weight is 406 g/mol. The van der Waals surface area contributed by atoms with E-state index in [9.17, 15) is 0 Å². The Morgan fingerprint density at radius 1 is 0.862 bits per heavy atom. The molecule has 6 atom stereocenters. The number of ether oxygens (including phenoxy) is 2. The van der Waals surface area contributed by atoms with Crippen molar-refractivity contribution in [1.29, 1.82) is 0 Å². The highest BCUT2D eigenvalue weighted by Crippen LogP contribution is 2.36. The lowest BCUT2D eigenvalue weighted by Gasteiger charge is -2.36. The van der Waals surface area contributed by atoms with Crippen LogP contribution in [-0.4, -0.2) is 16.8 Å². The van der Waals surface area contributed by atoms with Gasteiger partial charge in [-0.15, -0.1) is 0 Å². The molecule has 2 fully saturated rings. The van der Waals surface area contributed by atoms with Crippen molar-refractivity contribution in [3.8, 4) is 0 Å². The Labute approximate surface area is 179 Å². The molecular formula is C25H45N2O2+. The van der Waals surface area contributed by atoms with Crippen molar-refractivity contribution in [2.24, 2.45) is 35.5 Å². The van der Waals surface area contributed by atoms with E-state index in [0.29, 0.717) is 49.3 Å². The summed E-state index contributed by atoms with van der Waals surface area (Å²) >= 11 is 0. The maximum atomic E-state index is 6.39. The largest absolute Gasteiger partial charge is 0.338 e. The van der Waals surface area contributed by atoms with Gasteiger partial charge >= 0.3 is 0 Å². The van der Waals surface area contributed by atoms with Crippen molar-refractivity contribution in [1.82, 2.24) is 4.57 Å². The Bertz CT molecular complexity index is 561. The molecule has 2 aliphatic rings. The summed E-state index contributed by atoms with van der Waals surface area (Å²) in [6.07, 6.45) is 14.8. The molecule has 1 aromatic heterocycles. The Hall–Kier alpha value is -0.870.